The van der Waals surface area contributed by atoms with Crippen molar-refractivity contribution >= 4 is 17.5 Å². The van der Waals surface area contributed by atoms with E-state index in [2.05, 4.69) is 5.32 Å². The molecule has 2 aliphatic heterocycles. The Kier molecular flexibility index (Phi) is 4.78. The van der Waals surface area contributed by atoms with Crippen molar-refractivity contribution in [1.29, 1.82) is 0 Å². The van der Waals surface area contributed by atoms with Gasteiger partial charge in [0.2, 0.25) is 5.91 Å². The number of carbonyl (C=O) groups is 1. The first-order valence-electron chi connectivity index (χ1n) is 7.61. The fourth-order valence-corrected chi connectivity index (χ4v) is 3.47. The van der Waals surface area contributed by atoms with E-state index in [0.717, 1.165) is 43.1 Å². The van der Waals surface area contributed by atoms with Crippen molar-refractivity contribution in [2.45, 2.75) is 31.3 Å². The van der Waals surface area contributed by atoms with Gasteiger partial charge in [-0.05, 0) is 24.5 Å². The van der Waals surface area contributed by atoms with E-state index in [1.807, 2.05) is 29.2 Å². The van der Waals surface area contributed by atoms with Crippen LogP contribution in [-0.4, -0.2) is 43.2 Å². The van der Waals surface area contributed by atoms with Crippen molar-refractivity contribution in [2.24, 2.45) is 0 Å². The number of morpholine rings is 1. The van der Waals surface area contributed by atoms with Crippen molar-refractivity contribution < 1.29 is 9.53 Å². The van der Waals surface area contributed by atoms with Gasteiger partial charge in [0.05, 0.1) is 19.3 Å². The first kappa shape index (κ1) is 14.8. The summed E-state index contributed by atoms with van der Waals surface area (Å²) in [6, 6.07) is 8.10. The predicted molar refractivity (Wildman–Crippen MR) is 82.4 cm³/mol. The van der Waals surface area contributed by atoms with Crippen LogP contribution in [-0.2, 0) is 9.53 Å². The molecule has 21 heavy (non-hydrogen) atoms. The Bertz CT molecular complexity index is 503. The van der Waals surface area contributed by atoms with Gasteiger partial charge >= 0.3 is 0 Å². The second-order valence-corrected chi connectivity index (χ2v) is 6.10. The topological polar surface area (TPSA) is 41.6 Å². The quantitative estimate of drug-likeness (QED) is 0.932. The van der Waals surface area contributed by atoms with Crippen molar-refractivity contribution in [2.75, 3.05) is 26.3 Å². The number of amides is 1. The van der Waals surface area contributed by atoms with Crippen molar-refractivity contribution in [1.82, 2.24) is 10.2 Å². The smallest absolute Gasteiger partial charge is 0.224 e. The Labute approximate surface area is 130 Å². The molecule has 2 atom stereocenters. The molecule has 0 aromatic heterocycles. The molecule has 2 fully saturated rings. The second kappa shape index (κ2) is 6.77. The maximum absolute atomic E-state index is 12.6. The molecule has 0 bridgehead atoms. The Hall–Kier alpha value is -1.10. The number of rotatable bonds is 3. The maximum atomic E-state index is 12.6. The summed E-state index contributed by atoms with van der Waals surface area (Å²) in [5.74, 6) is 0.195. The number of carbonyl (C=O) groups excluding carboxylic acids is 1. The van der Waals surface area contributed by atoms with Crippen molar-refractivity contribution in [3.05, 3.63) is 34.9 Å². The third-order valence-corrected chi connectivity index (χ3v) is 4.60. The molecular formula is C16H21ClN2O2. The molecule has 114 valence electrons. The zero-order valence-electron chi connectivity index (χ0n) is 12.1. The van der Waals surface area contributed by atoms with Gasteiger partial charge in [-0.25, -0.2) is 0 Å². The van der Waals surface area contributed by atoms with Gasteiger partial charge in [-0.15, -0.1) is 0 Å². The van der Waals surface area contributed by atoms with Gasteiger partial charge in [0.25, 0.3) is 0 Å². The van der Waals surface area contributed by atoms with E-state index >= 15 is 0 Å². The van der Waals surface area contributed by atoms with Gasteiger partial charge in [-0.3, -0.25) is 4.79 Å². The van der Waals surface area contributed by atoms with Gasteiger partial charge in [0.15, 0.2) is 0 Å². The first-order valence-corrected chi connectivity index (χ1v) is 7.98. The SMILES string of the molecule is O=C(CC1COCCN1)N1CCCC1c1ccccc1Cl. The molecule has 2 heterocycles. The van der Waals surface area contributed by atoms with Gasteiger partial charge < -0.3 is 15.0 Å². The van der Waals surface area contributed by atoms with Crippen molar-refractivity contribution in [3.63, 3.8) is 0 Å². The number of halogens is 1. The molecule has 0 radical (unpaired) electrons. The molecule has 1 amide bonds. The monoisotopic (exact) mass is 308 g/mol. The fraction of sp³-hybridized carbons (Fsp3) is 0.562. The average molecular weight is 309 g/mol. The third-order valence-electron chi connectivity index (χ3n) is 4.26. The molecule has 0 spiro atoms. The van der Waals surface area contributed by atoms with Gasteiger partial charge in [0, 0.05) is 30.6 Å². The number of hydrogen-bond donors (Lipinski definition) is 1. The Morgan fingerprint density at radius 2 is 2.29 bits per heavy atom. The van der Waals surface area contributed by atoms with Crippen LogP contribution in [0.2, 0.25) is 5.02 Å². The molecule has 2 saturated heterocycles. The molecule has 0 aliphatic carbocycles. The van der Waals surface area contributed by atoms with Crippen LogP contribution in [0.5, 0.6) is 0 Å². The number of nitrogens with zero attached hydrogens (tertiary/aromatic N) is 1. The lowest BCUT2D eigenvalue weighted by atomic mass is 10.0. The molecule has 2 aliphatic rings. The molecule has 0 saturated carbocycles. The summed E-state index contributed by atoms with van der Waals surface area (Å²) >= 11 is 6.30. The molecule has 3 rings (SSSR count). The Morgan fingerprint density at radius 1 is 1.43 bits per heavy atom. The third kappa shape index (κ3) is 3.39. The summed E-state index contributed by atoms with van der Waals surface area (Å²) in [5.41, 5.74) is 1.07. The average Bonchev–Trinajstić information content (AvgIpc) is 2.98. The van der Waals surface area contributed by atoms with Crippen LogP contribution < -0.4 is 5.32 Å². The van der Waals surface area contributed by atoms with Crippen LogP contribution >= 0.6 is 11.6 Å². The minimum Gasteiger partial charge on any atom is -0.378 e. The highest BCUT2D eigenvalue weighted by Gasteiger charge is 2.32. The molecule has 2 unspecified atom stereocenters. The summed E-state index contributed by atoms with van der Waals surface area (Å²) in [7, 11) is 0. The molecular weight excluding hydrogens is 288 g/mol. The van der Waals surface area contributed by atoms with E-state index in [0.29, 0.717) is 13.0 Å². The molecule has 5 heteroatoms. The highest BCUT2D eigenvalue weighted by atomic mass is 35.5. The predicted octanol–water partition coefficient (Wildman–Crippen LogP) is 2.38. The Balaban J connectivity index is 1.68. The van der Waals surface area contributed by atoms with Gasteiger partial charge in [0.1, 0.15) is 0 Å². The largest absolute Gasteiger partial charge is 0.378 e. The van der Waals surface area contributed by atoms with E-state index in [4.69, 9.17) is 16.3 Å². The van der Waals surface area contributed by atoms with Gasteiger partial charge in [-0.2, -0.15) is 0 Å². The van der Waals surface area contributed by atoms with E-state index in [1.54, 1.807) is 0 Å². The highest BCUT2D eigenvalue weighted by molar-refractivity contribution is 6.31. The minimum absolute atomic E-state index is 0.121. The summed E-state index contributed by atoms with van der Waals surface area (Å²) in [5, 5.41) is 4.09. The molecule has 1 N–H and O–H groups in total. The number of ether oxygens (including phenoxy) is 1. The number of hydrogen-bond acceptors (Lipinski definition) is 3. The highest BCUT2D eigenvalue weighted by Crippen LogP contribution is 2.36. The molecule has 1 aromatic carbocycles. The van der Waals surface area contributed by atoms with Crippen molar-refractivity contribution in [3.8, 4) is 0 Å². The van der Waals surface area contributed by atoms with Crippen LogP contribution in [0, 0.1) is 0 Å². The second-order valence-electron chi connectivity index (χ2n) is 5.70. The summed E-state index contributed by atoms with van der Waals surface area (Å²) in [6.07, 6.45) is 2.53. The normalized spacial score (nSPS) is 26.0. The summed E-state index contributed by atoms with van der Waals surface area (Å²) < 4.78 is 5.42. The molecule has 1 aromatic rings. The zero-order valence-corrected chi connectivity index (χ0v) is 12.8. The minimum atomic E-state index is 0.121. The van der Waals surface area contributed by atoms with E-state index in [9.17, 15) is 4.79 Å². The Morgan fingerprint density at radius 3 is 3.05 bits per heavy atom. The molecule has 4 nitrogen and oxygen atoms in total. The fourth-order valence-electron chi connectivity index (χ4n) is 3.21. The van der Waals surface area contributed by atoms with Crippen LogP contribution in [0.3, 0.4) is 0 Å². The van der Waals surface area contributed by atoms with Gasteiger partial charge in [-0.1, -0.05) is 29.8 Å². The lowest BCUT2D eigenvalue weighted by Gasteiger charge is -2.29. The maximum Gasteiger partial charge on any atom is 0.224 e. The lowest BCUT2D eigenvalue weighted by Crippen LogP contribution is -2.45. The van der Waals surface area contributed by atoms with Crippen LogP contribution in [0.15, 0.2) is 24.3 Å². The standard InChI is InChI=1S/C16H21ClN2O2/c17-14-5-2-1-4-13(14)15-6-3-8-19(15)16(20)10-12-11-21-9-7-18-12/h1-2,4-5,12,15,18H,3,6-11H2. The summed E-state index contributed by atoms with van der Waals surface area (Å²) in [4.78, 5) is 14.6. The van der Waals surface area contributed by atoms with Crippen LogP contribution in [0.25, 0.3) is 0 Å². The number of benzene rings is 1. The number of likely N-dealkylation sites (tertiary alicyclic amines) is 1. The number of nitrogens with one attached hydrogen (secondary N) is 1. The van der Waals surface area contributed by atoms with E-state index in [-0.39, 0.29) is 18.0 Å². The first-order chi connectivity index (χ1) is 10.3. The van der Waals surface area contributed by atoms with Crippen LogP contribution in [0.4, 0.5) is 0 Å². The van der Waals surface area contributed by atoms with E-state index < -0.39 is 0 Å². The van der Waals surface area contributed by atoms with E-state index in [1.165, 1.54) is 0 Å². The van der Waals surface area contributed by atoms with Crippen LogP contribution in [0.1, 0.15) is 30.9 Å². The zero-order chi connectivity index (χ0) is 14.7. The summed E-state index contributed by atoms with van der Waals surface area (Å²) in [6.45, 7) is 3.00. The lowest BCUT2D eigenvalue weighted by molar-refractivity contribution is -0.133.